The third kappa shape index (κ3) is 3.65. The molecule has 2 aliphatic heterocycles. The molecule has 0 aromatic carbocycles. The van der Waals surface area contributed by atoms with E-state index in [2.05, 4.69) is 23.5 Å². The number of aromatic nitrogens is 3. The number of oxime groups is 1. The molecule has 2 aromatic heterocycles. The number of pyridine rings is 1. The number of nitrogens with zero attached hydrogens (tertiary/aromatic N) is 5. The van der Waals surface area contributed by atoms with Crippen molar-refractivity contribution in [3.63, 3.8) is 0 Å². The number of anilines is 1. The topological polar surface area (TPSA) is 97.4 Å². The number of nitriles is 1. The molecule has 0 bridgehead atoms. The van der Waals surface area contributed by atoms with Crippen LogP contribution in [0.1, 0.15) is 63.1 Å². The molecule has 2 fully saturated rings. The molecule has 1 saturated heterocycles. The summed E-state index contributed by atoms with van der Waals surface area (Å²) in [5.41, 5.74) is 4.64. The molecule has 164 valence electrons. The summed E-state index contributed by atoms with van der Waals surface area (Å²) in [5, 5.41) is 23.4. The van der Waals surface area contributed by atoms with Gasteiger partial charge in [0.15, 0.2) is 5.65 Å². The smallest absolute Gasteiger partial charge is 0.160 e. The van der Waals surface area contributed by atoms with Crippen LogP contribution >= 0.6 is 0 Å². The monoisotopic (exact) mass is 422 g/mol. The Bertz CT molecular complexity index is 1040. The standard InChI is InChI=1S/C23H30N6O2/c1-3-29-22-20(15(2)27-29)21(26-17-6-10-30-11-7-17)18(14-25-22)19-12-23(31-28-19)8-4-16(13-24)5-9-23/h14,16-17H,3-12H2,1-2H3,(H,25,26). The first kappa shape index (κ1) is 20.3. The maximum atomic E-state index is 9.24. The predicted octanol–water partition coefficient (Wildman–Crippen LogP) is 3.93. The SMILES string of the molecule is CCn1nc(C)c2c(NC3CCOCC3)c(C3=NOC4(CCC(C#N)CC4)C3)cnc21. The molecule has 1 saturated carbocycles. The Labute approximate surface area is 182 Å². The lowest BCUT2D eigenvalue weighted by molar-refractivity contribution is -0.0501. The number of rotatable bonds is 4. The third-order valence-corrected chi connectivity index (χ3v) is 7.03. The Morgan fingerprint density at radius 1 is 1.26 bits per heavy atom. The lowest BCUT2D eigenvalue weighted by atomic mass is 9.76. The zero-order valence-corrected chi connectivity index (χ0v) is 18.4. The van der Waals surface area contributed by atoms with Crippen molar-refractivity contribution < 1.29 is 9.57 Å². The first-order valence-corrected chi connectivity index (χ1v) is 11.5. The highest BCUT2D eigenvalue weighted by Gasteiger charge is 2.43. The van der Waals surface area contributed by atoms with Crippen LogP contribution < -0.4 is 5.32 Å². The number of ether oxygens (including phenoxy) is 1. The zero-order valence-electron chi connectivity index (χ0n) is 18.4. The summed E-state index contributed by atoms with van der Waals surface area (Å²) in [6.45, 7) is 6.47. The van der Waals surface area contributed by atoms with Gasteiger partial charge in [-0.2, -0.15) is 10.4 Å². The molecule has 1 spiro atoms. The van der Waals surface area contributed by atoms with Crippen molar-refractivity contribution in [3.05, 3.63) is 17.5 Å². The van der Waals surface area contributed by atoms with Gasteiger partial charge in [0.05, 0.1) is 28.5 Å². The van der Waals surface area contributed by atoms with Crippen molar-refractivity contribution in [2.45, 2.75) is 77.0 Å². The average Bonchev–Trinajstić information content (AvgIpc) is 3.36. The highest BCUT2D eigenvalue weighted by atomic mass is 16.7. The largest absolute Gasteiger partial charge is 0.389 e. The number of hydrogen-bond acceptors (Lipinski definition) is 7. The van der Waals surface area contributed by atoms with Crippen LogP contribution in [-0.4, -0.2) is 45.3 Å². The van der Waals surface area contributed by atoms with Crippen molar-refractivity contribution in [2.75, 3.05) is 18.5 Å². The van der Waals surface area contributed by atoms with E-state index in [9.17, 15) is 5.26 Å². The molecule has 0 amide bonds. The molecule has 0 atom stereocenters. The van der Waals surface area contributed by atoms with Crippen LogP contribution in [0.2, 0.25) is 0 Å². The summed E-state index contributed by atoms with van der Waals surface area (Å²) >= 11 is 0. The molecule has 0 unspecified atom stereocenters. The normalized spacial score (nSPS) is 26.6. The van der Waals surface area contributed by atoms with Crippen molar-refractivity contribution in [3.8, 4) is 6.07 Å². The molecular weight excluding hydrogens is 392 g/mol. The van der Waals surface area contributed by atoms with Gasteiger partial charge in [0.2, 0.25) is 0 Å². The van der Waals surface area contributed by atoms with Gasteiger partial charge in [0.25, 0.3) is 0 Å². The van der Waals surface area contributed by atoms with Gasteiger partial charge in [-0.1, -0.05) is 5.16 Å². The van der Waals surface area contributed by atoms with E-state index in [1.807, 2.05) is 17.8 Å². The molecule has 1 N–H and O–H groups in total. The van der Waals surface area contributed by atoms with Gasteiger partial charge < -0.3 is 14.9 Å². The number of aryl methyl sites for hydroxylation is 2. The summed E-state index contributed by atoms with van der Waals surface area (Å²) < 4.78 is 7.52. The van der Waals surface area contributed by atoms with E-state index in [4.69, 9.17) is 19.7 Å². The third-order valence-electron chi connectivity index (χ3n) is 7.03. The fourth-order valence-corrected chi connectivity index (χ4v) is 5.16. The van der Waals surface area contributed by atoms with Crippen molar-refractivity contribution in [1.82, 2.24) is 14.8 Å². The molecule has 8 nitrogen and oxygen atoms in total. The summed E-state index contributed by atoms with van der Waals surface area (Å²) in [7, 11) is 0. The second kappa shape index (κ2) is 8.12. The number of fused-ring (bicyclic) bond motifs is 1. The maximum absolute atomic E-state index is 9.24. The molecule has 1 aliphatic carbocycles. The minimum atomic E-state index is -0.268. The average molecular weight is 423 g/mol. The summed E-state index contributed by atoms with van der Waals surface area (Å²) in [5.74, 6) is 0.143. The van der Waals surface area contributed by atoms with E-state index >= 15 is 0 Å². The number of hydrogen-bond donors (Lipinski definition) is 1. The van der Waals surface area contributed by atoms with Gasteiger partial charge >= 0.3 is 0 Å². The first-order valence-electron chi connectivity index (χ1n) is 11.5. The molecule has 2 aromatic rings. The van der Waals surface area contributed by atoms with E-state index in [0.29, 0.717) is 6.04 Å². The minimum Gasteiger partial charge on any atom is -0.389 e. The van der Waals surface area contributed by atoms with Crippen molar-refractivity contribution in [2.24, 2.45) is 11.1 Å². The fourth-order valence-electron chi connectivity index (χ4n) is 5.16. The molecule has 4 heterocycles. The van der Waals surface area contributed by atoms with E-state index in [1.165, 1.54) is 0 Å². The Hall–Kier alpha value is -2.66. The quantitative estimate of drug-likeness (QED) is 0.802. The summed E-state index contributed by atoms with van der Waals surface area (Å²) in [6, 6.07) is 2.76. The Balaban J connectivity index is 1.50. The van der Waals surface area contributed by atoms with Crippen LogP contribution in [0.15, 0.2) is 11.4 Å². The van der Waals surface area contributed by atoms with Gasteiger partial charge in [0.1, 0.15) is 5.60 Å². The van der Waals surface area contributed by atoms with Crippen LogP contribution in [0.4, 0.5) is 5.69 Å². The van der Waals surface area contributed by atoms with E-state index < -0.39 is 0 Å². The van der Waals surface area contributed by atoms with Gasteiger partial charge in [-0.3, -0.25) is 0 Å². The minimum absolute atomic E-state index is 0.143. The molecule has 0 radical (unpaired) electrons. The fraction of sp³-hybridized carbons (Fsp3) is 0.652. The lowest BCUT2D eigenvalue weighted by Gasteiger charge is -2.32. The molecule has 5 rings (SSSR count). The summed E-state index contributed by atoms with van der Waals surface area (Å²) in [6.07, 6.45) is 8.17. The van der Waals surface area contributed by atoms with E-state index in [1.54, 1.807) is 0 Å². The van der Waals surface area contributed by atoms with E-state index in [0.717, 1.165) is 98.4 Å². The lowest BCUT2D eigenvalue weighted by Crippen LogP contribution is -2.34. The van der Waals surface area contributed by atoms with Crippen LogP contribution in [-0.2, 0) is 16.1 Å². The molecule has 3 aliphatic rings. The number of nitrogens with one attached hydrogen (secondary N) is 1. The summed E-state index contributed by atoms with van der Waals surface area (Å²) in [4.78, 5) is 10.8. The highest BCUT2D eigenvalue weighted by molar-refractivity contribution is 6.11. The van der Waals surface area contributed by atoms with Crippen molar-refractivity contribution >= 4 is 22.4 Å². The van der Waals surface area contributed by atoms with Crippen LogP contribution in [0.5, 0.6) is 0 Å². The van der Waals surface area contributed by atoms with Crippen molar-refractivity contribution in [1.29, 1.82) is 5.26 Å². The molecular formula is C23H30N6O2. The van der Waals surface area contributed by atoms with Crippen LogP contribution in [0.3, 0.4) is 0 Å². The Morgan fingerprint density at radius 3 is 2.74 bits per heavy atom. The van der Waals surface area contributed by atoms with Gasteiger partial charge in [-0.25, -0.2) is 9.67 Å². The second-order valence-electron chi connectivity index (χ2n) is 9.07. The van der Waals surface area contributed by atoms with E-state index in [-0.39, 0.29) is 11.5 Å². The maximum Gasteiger partial charge on any atom is 0.160 e. The predicted molar refractivity (Wildman–Crippen MR) is 118 cm³/mol. The van der Waals surface area contributed by atoms with Crippen LogP contribution in [0, 0.1) is 24.2 Å². The Morgan fingerprint density at radius 2 is 2.03 bits per heavy atom. The van der Waals surface area contributed by atoms with Gasteiger partial charge in [-0.15, -0.1) is 0 Å². The molecule has 8 heteroatoms. The Kier molecular flexibility index (Phi) is 5.30. The van der Waals surface area contributed by atoms with Gasteiger partial charge in [-0.05, 0) is 52.4 Å². The van der Waals surface area contributed by atoms with Crippen LogP contribution in [0.25, 0.3) is 11.0 Å². The first-order chi connectivity index (χ1) is 15.1. The molecule has 31 heavy (non-hydrogen) atoms. The zero-order chi connectivity index (χ0) is 21.4. The second-order valence-corrected chi connectivity index (χ2v) is 9.07. The highest BCUT2D eigenvalue weighted by Crippen LogP contribution is 2.43. The van der Waals surface area contributed by atoms with Gasteiger partial charge in [0, 0.05) is 49.9 Å².